The summed E-state index contributed by atoms with van der Waals surface area (Å²) in [7, 11) is -3.76. The van der Waals surface area contributed by atoms with Gasteiger partial charge in [-0.15, -0.1) is 0 Å². The summed E-state index contributed by atoms with van der Waals surface area (Å²) in [6.07, 6.45) is 3.14. The number of benzene rings is 2. The fraction of sp³-hybridized carbons (Fsp3) is 0.462. The van der Waals surface area contributed by atoms with Crippen LogP contribution in [0.3, 0.4) is 0 Å². The van der Waals surface area contributed by atoms with Crippen molar-refractivity contribution >= 4 is 27.5 Å². The van der Waals surface area contributed by atoms with Gasteiger partial charge in [0.15, 0.2) is 0 Å². The van der Waals surface area contributed by atoms with E-state index in [1.165, 1.54) is 0 Å². The molecule has 34 heavy (non-hydrogen) atoms. The van der Waals surface area contributed by atoms with Crippen LogP contribution in [-0.4, -0.2) is 44.8 Å². The molecule has 0 saturated carbocycles. The Kier molecular flexibility index (Phi) is 8.72. The second kappa shape index (κ2) is 11.5. The molecule has 0 aliphatic carbocycles. The lowest BCUT2D eigenvalue weighted by atomic mass is 9.95. The zero-order valence-corrected chi connectivity index (χ0v) is 21.0. The standard InChI is InChI=1S/C26H35N3O4S/c1-4-6-20-9-11-24(12-10-20)34(32,33)28-23-8-5-7-22(17-23)26(31)29-15-13-21(14-16-29)25(30)27-18-19(2)3/h5,7-12,17,19,21,28H,4,6,13-16,18H2,1-3H3,(H,27,30). The van der Waals surface area contributed by atoms with Crippen LogP contribution in [0.4, 0.5) is 5.69 Å². The summed E-state index contributed by atoms with van der Waals surface area (Å²) >= 11 is 0. The molecular weight excluding hydrogens is 450 g/mol. The van der Waals surface area contributed by atoms with Gasteiger partial charge in [0.25, 0.3) is 15.9 Å². The van der Waals surface area contributed by atoms with Gasteiger partial charge < -0.3 is 10.2 Å². The van der Waals surface area contributed by atoms with Gasteiger partial charge in [0.2, 0.25) is 5.91 Å². The minimum absolute atomic E-state index is 0.0555. The summed E-state index contributed by atoms with van der Waals surface area (Å²) in [6.45, 7) is 7.84. The van der Waals surface area contributed by atoms with Crippen molar-refractivity contribution in [1.29, 1.82) is 0 Å². The van der Waals surface area contributed by atoms with Crippen LogP contribution in [0.2, 0.25) is 0 Å². The van der Waals surface area contributed by atoms with Crippen LogP contribution in [0.25, 0.3) is 0 Å². The minimum Gasteiger partial charge on any atom is -0.356 e. The number of amides is 2. The Morgan fingerprint density at radius 2 is 1.74 bits per heavy atom. The Labute approximate surface area is 203 Å². The van der Waals surface area contributed by atoms with Crippen LogP contribution in [0.15, 0.2) is 53.4 Å². The lowest BCUT2D eigenvalue weighted by molar-refractivity contribution is -0.126. The zero-order valence-electron chi connectivity index (χ0n) is 20.2. The summed E-state index contributed by atoms with van der Waals surface area (Å²) in [5.41, 5.74) is 1.85. The predicted molar refractivity (Wildman–Crippen MR) is 134 cm³/mol. The van der Waals surface area contributed by atoms with Crippen molar-refractivity contribution in [3.05, 3.63) is 59.7 Å². The number of hydrogen-bond acceptors (Lipinski definition) is 4. The van der Waals surface area contributed by atoms with E-state index in [-0.39, 0.29) is 22.6 Å². The molecule has 3 rings (SSSR count). The molecule has 0 aromatic heterocycles. The Morgan fingerprint density at radius 1 is 1.06 bits per heavy atom. The maximum Gasteiger partial charge on any atom is 0.261 e. The quantitative estimate of drug-likeness (QED) is 0.560. The Morgan fingerprint density at radius 3 is 2.35 bits per heavy atom. The molecule has 0 unspecified atom stereocenters. The average molecular weight is 486 g/mol. The average Bonchev–Trinajstić information content (AvgIpc) is 2.82. The molecular formula is C26H35N3O4S. The number of nitrogens with one attached hydrogen (secondary N) is 2. The fourth-order valence-electron chi connectivity index (χ4n) is 4.03. The van der Waals surface area contributed by atoms with Gasteiger partial charge in [0.1, 0.15) is 0 Å². The number of carbonyl (C=O) groups is 2. The normalized spacial score (nSPS) is 14.8. The van der Waals surface area contributed by atoms with Crippen LogP contribution >= 0.6 is 0 Å². The number of sulfonamides is 1. The second-order valence-electron chi connectivity index (χ2n) is 9.29. The van der Waals surface area contributed by atoms with Gasteiger partial charge in [-0.3, -0.25) is 14.3 Å². The van der Waals surface area contributed by atoms with Crippen LogP contribution in [0, 0.1) is 11.8 Å². The molecule has 2 N–H and O–H groups in total. The predicted octanol–water partition coefficient (Wildman–Crippen LogP) is 4.06. The second-order valence-corrected chi connectivity index (χ2v) is 11.0. The Bertz CT molecular complexity index is 1090. The van der Waals surface area contributed by atoms with E-state index < -0.39 is 10.0 Å². The summed E-state index contributed by atoms with van der Waals surface area (Å²) in [4.78, 5) is 27.3. The van der Waals surface area contributed by atoms with Crippen molar-refractivity contribution in [3.63, 3.8) is 0 Å². The van der Waals surface area contributed by atoms with E-state index in [1.54, 1.807) is 41.3 Å². The summed E-state index contributed by atoms with van der Waals surface area (Å²) < 4.78 is 28.2. The topological polar surface area (TPSA) is 95.6 Å². The summed E-state index contributed by atoms with van der Waals surface area (Å²) in [6, 6.07) is 13.4. The first-order valence-electron chi connectivity index (χ1n) is 12.0. The molecule has 1 aliphatic rings. The van der Waals surface area contributed by atoms with Crippen LogP contribution < -0.4 is 10.0 Å². The smallest absolute Gasteiger partial charge is 0.261 e. The molecule has 0 spiro atoms. The van der Waals surface area contributed by atoms with Crippen molar-refractivity contribution < 1.29 is 18.0 Å². The molecule has 0 atom stereocenters. The molecule has 2 aromatic rings. The van der Waals surface area contributed by atoms with Crippen molar-refractivity contribution in [1.82, 2.24) is 10.2 Å². The fourth-order valence-corrected chi connectivity index (χ4v) is 5.08. The molecule has 7 nitrogen and oxygen atoms in total. The van der Waals surface area contributed by atoms with Crippen molar-refractivity contribution in [2.75, 3.05) is 24.4 Å². The number of aryl methyl sites for hydroxylation is 1. The van der Waals surface area contributed by atoms with Gasteiger partial charge >= 0.3 is 0 Å². The number of piperidine rings is 1. The van der Waals surface area contributed by atoms with Crippen molar-refractivity contribution in [2.45, 2.75) is 51.3 Å². The maximum atomic E-state index is 13.0. The lowest BCUT2D eigenvalue weighted by Gasteiger charge is -2.31. The number of nitrogens with zero attached hydrogens (tertiary/aromatic N) is 1. The van der Waals surface area contributed by atoms with Gasteiger partial charge in [-0.25, -0.2) is 8.42 Å². The van der Waals surface area contributed by atoms with Crippen LogP contribution in [-0.2, 0) is 21.2 Å². The molecule has 2 amide bonds. The highest BCUT2D eigenvalue weighted by Crippen LogP contribution is 2.22. The minimum atomic E-state index is -3.76. The SMILES string of the molecule is CCCc1ccc(S(=O)(=O)Nc2cccc(C(=O)N3CCC(C(=O)NCC(C)C)CC3)c2)cc1. The monoisotopic (exact) mass is 485 g/mol. The van der Waals surface area contributed by atoms with E-state index in [0.717, 1.165) is 18.4 Å². The van der Waals surface area contributed by atoms with E-state index in [2.05, 4.69) is 30.8 Å². The van der Waals surface area contributed by atoms with E-state index >= 15 is 0 Å². The summed E-state index contributed by atoms with van der Waals surface area (Å²) in [5.74, 6) is 0.214. The molecule has 0 radical (unpaired) electrons. The molecule has 2 aromatic carbocycles. The van der Waals surface area contributed by atoms with Gasteiger partial charge in [0.05, 0.1) is 4.90 Å². The largest absolute Gasteiger partial charge is 0.356 e. The third kappa shape index (κ3) is 6.82. The van der Waals surface area contributed by atoms with Crippen LogP contribution in [0.1, 0.15) is 56.0 Å². The number of carbonyl (C=O) groups excluding carboxylic acids is 2. The first kappa shape index (κ1) is 25.7. The molecule has 1 aliphatic heterocycles. The zero-order chi connectivity index (χ0) is 24.7. The van der Waals surface area contributed by atoms with Crippen molar-refractivity contribution in [2.24, 2.45) is 11.8 Å². The molecule has 1 saturated heterocycles. The highest BCUT2D eigenvalue weighted by Gasteiger charge is 2.28. The number of hydrogen-bond donors (Lipinski definition) is 2. The molecule has 1 heterocycles. The Hall–Kier alpha value is -2.87. The molecule has 0 bridgehead atoms. The first-order chi connectivity index (χ1) is 16.2. The highest BCUT2D eigenvalue weighted by atomic mass is 32.2. The Balaban J connectivity index is 1.61. The molecule has 8 heteroatoms. The lowest BCUT2D eigenvalue weighted by Crippen LogP contribution is -2.43. The molecule has 1 fully saturated rings. The third-order valence-electron chi connectivity index (χ3n) is 5.97. The third-order valence-corrected chi connectivity index (χ3v) is 7.37. The summed E-state index contributed by atoms with van der Waals surface area (Å²) in [5, 5.41) is 2.97. The van der Waals surface area contributed by atoms with Crippen LogP contribution in [0.5, 0.6) is 0 Å². The number of anilines is 1. The van der Waals surface area contributed by atoms with E-state index in [1.807, 2.05) is 12.1 Å². The maximum absolute atomic E-state index is 13.0. The first-order valence-corrected chi connectivity index (χ1v) is 13.5. The number of likely N-dealkylation sites (tertiary alicyclic amines) is 1. The van der Waals surface area contributed by atoms with E-state index in [4.69, 9.17) is 0 Å². The van der Waals surface area contributed by atoms with Gasteiger partial charge in [-0.05, 0) is 61.1 Å². The van der Waals surface area contributed by atoms with E-state index in [9.17, 15) is 18.0 Å². The number of rotatable bonds is 9. The highest BCUT2D eigenvalue weighted by molar-refractivity contribution is 7.92. The van der Waals surface area contributed by atoms with Gasteiger partial charge in [-0.2, -0.15) is 0 Å². The van der Waals surface area contributed by atoms with Crippen molar-refractivity contribution in [3.8, 4) is 0 Å². The molecule has 184 valence electrons. The van der Waals surface area contributed by atoms with Gasteiger partial charge in [-0.1, -0.05) is 45.4 Å². The van der Waals surface area contributed by atoms with Gasteiger partial charge in [0, 0.05) is 36.8 Å². The van der Waals surface area contributed by atoms with E-state index in [0.29, 0.717) is 49.6 Å².